The second-order valence-corrected chi connectivity index (χ2v) is 8.63. The Bertz CT molecular complexity index is 1230. The zero-order valence-corrected chi connectivity index (χ0v) is 19.1. The maximum Gasteiger partial charge on any atom is 0.328 e. The number of barbiturate groups is 1. The molecule has 3 aromatic rings. The Morgan fingerprint density at radius 1 is 0.829 bits per heavy atom. The van der Waals surface area contributed by atoms with Crippen molar-refractivity contribution in [2.75, 3.05) is 0 Å². The molecule has 0 unspecified atom stereocenters. The molecule has 10 nitrogen and oxygen atoms in total. The van der Waals surface area contributed by atoms with Crippen LogP contribution in [0.1, 0.15) is 38.0 Å². The Balaban J connectivity index is 1.32. The quantitative estimate of drug-likeness (QED) is 0.512. The topological polar surface area (TPSA) is 133 Å². The van der Waals surface area contributed by atoms with E-state index < -0.39 is 23.4 Å². The number of hydrogen-bond donors (Lipinski definition) is 2. The number of imide groups is 2. The van der Waals surface area contributed by atoms with Crippen molar-refractivity contribution in [1.82, 2.24) is 20.8 Å². The summed E-state index contributed by atoms with van der Waals surface area (Å²) >= 11 is 0. The molecule has 0 radical (unpaired) electrons. The van der Waals surface area contributed by atoms with Crippen LogP contribution < -0.4 is 20.1 Å². The maximum absolute atomic E-state index is 12.9. The molecule has 5 rings (SSSR count). The lowest BCUT2D eigenvalue weighted by atomic mass is 9.75. The summed E-state index contributed by atoms with van der Waals surface area (Å²) in [6, 6.07) is 13.0. The maximum atomic E-state index is 12.9. The number of urea groups is 1. The molecule has 1 aliphatic heterocycles. The lowest BCUT2D eigenvalue weighted by Gasteiger charge is -2.41. The van der Waals surface area contributed by atoms with Gasteiger partial charge in [0, 0.05) is 18.4 Å². The summed E-state index contributed by atoms with van der Waals surface area (Å²) in [7, 11) is 0. The van der Waals surface area contributed by atoms with E-state index in [0.717, 1.165) is 24.8 Å². The molecule has 0 bridgehead atoms. The molecule has 180 valence electrons. The lowest BCUT2D eigenvalue weighted by molar-refractivity contribution is -0.158. The fourth-order valence-electron chi connectivity index (χ4n) is 4.56. The minimum atomic E-state index is -1.79. The van der Waals surface area contributed by atoms with Crippen molar-refractivity contribution in [1.29, 1.82) is 0 Å². The molecule has 2 N–H and O–H groups in total. The molecule has 0 atom stereocenters. The number of nitrogens with one attached hydrogen (secondary N) is 2. The van der Waals surface area contributed by atoms with E-state index in [9.17, 15) is 14.4 Å². The second-order valence-electron chi connectivity index (χ2n) is 8.63. The fourth-order valence-corrected chi connectivity index (χ4v) is 4.56. The average molecular weight is 476 g/mol. The average Bonchev–Trinajstić information content (AvgIpc) is 3.30. The summed E-state index contributed by atoms with van der Waals surface area (Å²) in [6.07, 6.45) is 4.14. The third-order valence-corrected chi connectivity index (χ3v) is 6.27. The largest absolute Gasteiger partial charge is 0.467 e. The van der Waals surface area contributed by atoms with E-state index in [2.05, 4.69) is 20.8 Å². The van der Waals surface area contributed by atoms with E-state index in [1.807, 2.05) is 12.1 Å². The Labute approximate surface area is 201 Å². The number of ether oxygens (including phenoxy) is 2. The normalized spacial score (nSPS) is 18.0. The van der Waals surface area contributed by atoms with Gasteiger partial charge in [0.1, 0.15) is 17.2 Å². The summed E-state index contributed by atoms with van der Waals surface area (Å²) in [5.41, 5.74) is -1.02. The SMILES string of the molecule is Cc1nnc(-c2ccc(Oc3ccc(OC4(C5CCCCC5)C(=O)NC(=O)NC4=O)cc3)cc2)o1. The Hall–Kier alpha value is -4.21. The van der Waals surface area contributed by atoms with Crippen LogP contribution >= 0.6 is 0 Å². The third-order valence-electron chi connectivity index (χ3n) is 6.27. The van der Waals surface area contributed by atoms with E-state index in [1.165, 1.54) is 0 Å². The van der Waals surface area contributed by atoms with Gasteiger partial charge in [0.25, 0.3) is 17.4 Å². The second kappa shape index (κ2) is 9.21. The first kappa shape index (κ1) is 22.6. The van der Waals surface area contributed by atoms with Gasteiger partial charge in [-0.1, -0.05) is 19.3 Å². The Morgan fingerprint density at radius 2 is 1.40 bits per heavy atom. The first-order valence-electron chi connectivity index (χ1n) is 11.5. The van der Waals surface area contributed by atoms with E-state index in [-0.39, 0.29) is 5.92 Å². The van der Waals surface area contributed by atoms with Gasteiger partial charge in [0.05, 0.1) is 0 Å². The van der Waals surface area contributed by atoms with Crippen molar-refractivity contribution < 1.29 is 28.3 Å². The van der Waals surface area contributed by atoms with Crippen molar-refractivity contribution in [2.24, 2.45) is 5.92 Å². The Kier molecular flexibility index (Phi) is 5.94. The summed E-state index contributed by atoms with van der Waals surface area (Å²) in [5.74, 6) is 0.596. The number of aromatic nitrogens is 2. The highest BCUT2D eigenvalue weighted by atomic mass is 16.5. The number of rotatable bonds is 6. The molecular formula is C25H24N4O6. The van der Waals surface area contributed by atoms with E-state index in [4.69, 9.17) is 13.9 Å². The minimum Gasteiger partial charge on any atom is -0.467 e. The lowest BCUT2D eigenvalue weighted by Crippen LogP contribution is -2.72. The molecule has 1 aliphatic carbocycles. The van der Waals surface area contributed by atoms with Gasteiger partial charge in [-0.05, 0) is 61.4 Å². The molecule has 10 heteroatoms. The molecule has 4 amide bonds. The smallest absolute Gasteiger partial charge is 0.328 e. The number of hydrogen-bond acceptors (Lipinski definition) is 8. The van der Waals surface area contributed by atoms with Gasteiger partial charge in [0.15, 0.2) is 0 Å². The molecule has 2 aromatic carbocycles. The summed E-state index contributed by atoms with van der Waals surface area (Å²) in [6.45, 7) is 1.73. The number of amides is 4. The van der Waals surface area contributed by atoms with Crippen LogP contribution in [0.4, 0.5) is 4.79 Å². The van der Waals surface area contributed by atoms with Gasteiger partial charge in [-0.2, -0.15) is 0 Å². The molecule has 35 heavy (non-hydrogen) atoms. The molecule has 2 fully saturated rings. The number of benzene rings is 2. The molecular weight excluding hydrogens is 452 g/mol. The number of carbonyl (C=O) groups excluding carboxylic acids is 3. The first-order chi connectivity index (χ1) is 16.9. The van der Waals surface area contributed by atoms with E-state index in [1.54, 1.807) is 43.3 Å². The van der Waals surface area contributed by atoms with Crippen molar-refractivity contribution in [3.63, 3.8) is 0 Å². The van der Waals surface area contributed by atoms with E-state index >= 15 is 0 Å². The van der Waals surface area contributed by atoms with Crippen LogP contribution in [0.5, 0.6) is 17.2 Å². The van der Waals surface area contributed by atoms with Gasteiger partial charge >= 0.3 is 6.03 Å². The summed E-state index contributed by atoms with van der Waals surface area (Å²) in [5, 5.41) is 12.2. The number of aryl methyl sites for hydroxylation is 1. The zero-order valence-electron chi connectivity index (χ0n) is 19.1. The zero-order chi connectivity index (χ0) is 24.4. The first-order valence-corrected chi connectivity index (χ1v) is 11.5. The Morgan fingerprint density at radius 3 is 1.97 bits per heavy atom. The third kappa shape index (κ3) is 4.46. The van der Waals surface area contributed by atoms with Crippen molar-refractivity contribution in [2.45, 2.75) is 44.6 Å². The highest BCUT2D eigenvalue weighted by Crippen LogP contribution is 2.38. The van der Waals surface area contributed by atoms with Crippen molar-refractivity contribution in [3.8, 4) is 28.7 Å². The number of carbonyl (C=O) groups is 3. The highest BCUT2D eigenvalue weighted by Gasteiger charge is 2.58. The van der Waals surface area contributed by atoms with Crippen LogP contribution in [0.15, 0.2) is 52.9 Å². The molecule has 1 saturated heterocycles. The minimum absolute atomic E-state index is 0.324. The standard InChI is InChI=1S/C25H24N4O6/c1-15-28-29-21(33-15)16-7-9-18(10-8-16)34-19-11-13-20(14-12-19)35-25(17-5-3-2-4-6-17)22(30)26-24(32)27-23(25)31/h7-14,17H,2-6H2,1H3,(H2,26,27,30,31,32). The van der Waals surface area contributed by atoms with Crippen LogP contribution in [0.3, 0.4) is 0 Å². The molecule has 1 aromatic heterocycles. The highest BCUT2D eigenvalue weighted by molar-refractivity contribution is 6.22. The number of nitrogens with zero attached hydrogens (tertiary/aromatic N) is 2. The summed E-state index contributed by atoms with van der Waals surface area (Å²) in [4.78, 5) is 37.5. The predicted octanol–water partition coefficient (Wildman–Crippen LogP) is 3.90. The monoisotopic (exact) mass is 476 g/mol. The van der Waals surface area contributed by atoms with Gasteiger partial charge in [-0.3, -0.25) is 20.2 Å². The van der Waals surface area contributed by atoms with Crippen LogP contribution in [0.25, 0.3) is 11.5 Å². The molecule has 2 aliphatic rings. The predicted molar refractivity (Wildman–Crippen MR) is 123 cm³/mol. The van der Waals surface area contributed by atoms with Crippen LogP contribution in [0.2, 0.25) is 0 Å². The van der Waals surface area contributed by atoms with Crippen molar-refractivity contribution in [3.05, 3.63) is 54.4 Å². The molecule has 0 spiro atoms. The molecule has 2 heterocycles. The van der Waals surface area contributed by atoms with Crippen LogP contribution in [-0.4, -0.2) is 33.6 Å². The van der Waals surface area contributed by atoms with Gasteiger partial charge < -0.3 is 13.9 Å². The fraction of sp³-hybridized carbons (Fsp3) is 0.320. The van der Waals surface area contributed by atoms with Crippen LogP contribution in [0, 0.1) is 12.8 Å². The summed E-state index contributed by atoms with van der Waals surface area (Å²) < 4.78 is 17.4. The van der Waals surface area contributed by atoms with Gasteiger partial charge in [-0.15, -0.1) is 10.2 Å². The van der Waals surface area contributed by atoms with Gasteiger partial charge in [-0.25, -0.2) is 4.79 Å². The molecule has 1 saturated carbocycles. The van der Waals surface area contributed by atoms with E-state index in [0.29, 0.717) is 41.9 Å². The van der Waals surface area contributed by atoms with Crippen molar-refractivity contribution >= 4 is 17.8 Å². The van der Waals surface area contributed by atoms with Crippen LogP contribution in [-0.2, 0) is 9.59 Å². The van der Waals surface area contributed by atoms with Gasteiger partial charge in [0.2, 0.25) is 11.8 Å².